The van der Waals surface area contributed by atoms with Crippen LogP contribution in [0.15, 0.2) is 71.7 Å². The van der Waals surface area contributed by atoms with Crippen molar-refractivity contribution in [1.29, 1.82) is 0 Å². The molecular weight excluding hydrogens is 406 g/mol. The van der Waals surface area contributed by atoms with E-state index in [4.69, 9.17) is 9.47 Å². The summed E-state index contributed by atoms with van der Waals surface area (Å²) < 4.78 is 12.4. The molecule has 0 bridgehead atoms. The van der Waals surface area contributed by atoms with Crippen LogP contribution in [0.2, 0.25) is 0 Å². The molecule has 6 nitrogen and oxygen atoms in total. The number of carbonyl (C=O) groups is 1. The summed E-state index contributed by atoms with van der Waals surface area (Å²) in [5.41, 5.74) is 2.87. The number of aliphatic hydroxyl groups excluding tert-OH is 1. The summed E-state index contributed by atoms with van der Waals surface area (Å²) >= 11 is 0. The SMILES string of the molecule is COC(=O)c1ccc(COc2ccccc2-c2ccn([C@H]3CCCC[C@@H]3O)c(=O)c2)cc1. The molecule has 3 aromatic rings. The molecule has 0 amide bonds. The van der Waals surface area contributed by atoms with E-state index in [1.165, 1.54) is 7.11 Å². The molecule has 1 aromatic heterocycles. The van der Waals surface area contributed by atoms with Crippen LogP contribution >= 0.6 is 0 Å². The van der Waals surface area contributed by atoms with Crippen molar-refractivity contribution in [3.05, 3.63) is 88.3 Å². The Morgan fingerprint density at radius 1 is 1.06 bits per heavy atom. The highest BCUT2D eigenvalue weighted by atomic mass is 16.5. The molecular formula is C26H27NO5. The van der Waals surface area contributed by atoms with E-state index < -0.39 is 6.10 Å². The number of nitrogens with zero attached hydrogens (tertiary/aromatic N) is 1. The molecule has 166 valence electrons. The van der Waals surface area contributed by atoms with Gasteiger partial charge in [-0.25, -0.2) is 4.79 Å². The van der Waals surface area contributed by atoms with Crippen molar-refractivity contribution >= 4 is 5.97 Å². The van der Waals surface area contributed by atoms with Crippen molar-refractivity contribution < 1.29 is 19.4 Å². The van der Waals surface area contributed by atoms with Crippen LogP contribution < -0.4 is 10.3 Å². The topological polar surface area (TPSA) is 77.8 Å². The molecule has 1 saturated carbocycles. The lowest BCUT2D eigenvalue weighted by atomic mass is 9.92. The fraction of sp³-hybridized carbons (Fsp3) is 0.308. The molecule has 0 radical (unpaired) electrons. The van der Waals surface area contributed by atoms with Crippen molar-refractivity contribution in [2.75, 3.05) is 7.11 Å². The average Bonchev–Trinajstić information content (AvgIpc) is 2.83. The largest absolute Gasteiger partial charge is 0.488 e. The number of para-hydroxylation sites is 1. The van der Waals surface area contributed by atoms with E-state index in [9.17, 15) is 14.7 Å². The second kappa shape index (κ2) is 9.83. The number of hydrogen-bond donors (Lipinski definition) is 1. The Labute approximate surface area is 187 Å². The number of aliphatic hydroxyl groups is 1. The Hall–Kier alpha value is -3.38. The first-order chi connectivity index (χ1) is 15.6. The molecule has 32 heavy (non-hydrogen) atoms. The monoisotopic (exact) mass is 433 g/mol. The van der Waals surface area contributed by atoms with Crippen LogP contribution in [-0.2, 0) is 11.3 Å². The molecule has 0 spiro atoms. The first kappa shape index (κ1) is 21.8. The maximum absolute atomic E-state index is 12.8. The van der Waals surface area contributed by atoms with Crippen molar-refractivity contribution in [2.24, 2.45) is 0 Å². The zero-order valence-electron chi connectivity index (χ0n) is 18.1. The molecule has 0 saturated heterocycles. The number of pyridine rings is 1. The predicted molar refractivity (Wildman–Crippen MR) is 122 cm³/mol. The fourth-order valence-corrected chi connectivity index (χ4v) is 4.19. The van der Waals surface area contributed by atoms with Crippen molar-refractivity contribution in [3.8, 4) is 16.9 Å². The lowest BCUT2D eigenvalue weighted by Gasteiger charge is -2.29. The summed E-state index contributed by atoms with van der Waals surface area (Å²) in [6, 6.07) is 18.0. The Balaban J connectivity index is 1.52. The number of carbonyl (C=O) groups excluding carboxylic acids is 1. The van der Waals surface area contributed by atoms with Gasteiger partial charge in [0.1, 0.15) is 12.4 Å². The zero-order valence-corrected chi connectivity index (χ0v) is 18.1. The summed E-state index contributed by atoms with van der Waals surface area (Å²) in [4.78, 5) is 24.4. The Morgan fingerprint density at radius 2 is 1.81 bits per heavy atom. The van der Waals surface area contributed by atoms with Crippen molar-refractivity contribution in [1.82, 2.24) is 4.57 Å². The summed E-state index contributed by atoms with van der Waals surface area (Å²) in [6.07, 6.45) is 4.87. The fourth-order valence-electron chi connectivity index (χ4n) is 4.19. The Kier molecular flexibility index (Phi) is 6.71. The number of esters is 1. The van der Waals surface area contributed by atoms with E-state index in [-0.39, 0.29) is 17.6 Å². The quantitative estimate of drug-likeness (QED) is 0.585. The van der Waals surface area contributed by atoms with Gasteiger partial charge in [0, 0.05) is 17.8 Å². The van der Waals surface area contributed by atoms with Gasteiger partial charge in [0.25, 0.3) is 5.56 Å². The molecule has 1 aliphatic rings. The van der Waals surface area contributed by atoms with E-state index >= 15 is 0 Å². The van der Waals surface area contributed by atoms with Gasteiger partial charge in [-0.1, -0.05) is 43.2 Å². The second-order valence-electron chi connectivity index (χ2n) is 8.05. The number of rotatable bonds is 6. The lowest BCUT2D eigenvalue weighted by molar-refractivity contribution is 0.0600. The van der Waals surface area contributed by atoms with Crippen molar-refractivity contribution in [3.63, 3.8) is 0 Å². The van der Waals surface area contributed by atoms with Crippen LogP contribution in [0.25, 0.3) is 11.1 Å². The Bertz CT molecular complexity index is 1140. The third kappa shape index (κ3) is 4.75. The molecule has 6 heteroatoms. The smallest absolute Gasteiger partial charge is 0.337 e. The number of hydrogen-bond acceptors (Lipinski definition) is 5. The van der Waals surface area contributed by atoms with Gasteiger partial charge in [0.05, 0.1) is 24.8 Å². The van der Waals surface area contributed by atoms with Crippen LogP contribution in [0, 0.1) is 0 Å². The highest BCUT2D eigenvalue weighted by Crippen LogP contribution is 2.31. The van der Waals surface area contributed by atoms with Gasteiger partial charge in [-0.05, 0) is 48.2 Å². The molecule has 1 fully saturated rings. The number of ether oxygens (including phenoxy) is 2. The number of methoxy groups -OCH3 is 1. The van der Waals surface area contributed by atoms with Crippen molar-refractivity contribution in [2.45, 2.75) is 44.4 Å². The van der Waals surface area contributed by atoms with Gasteiger partial charge in [-0.3, -0.25) is 4.79 Å². The highest BCUT2D eigenvalue weighted by molar-refractivity contribution is 5.89. The molecule has 2 aromatic carbocycles. The first-order valence-corrected chi connectivity index (χ1v) is 10.9. The van der Waals surface area contributed by atoms with Crippen LogP contribution in [0.3, 0.4) is 0 Å². The normalized spacial score (nSPS) is 18.2. The third-order valence-electron chi connectivity index (χ3n) is 5.97. The highest BCUT2D eigenvalue weighted by Gasteiger charge is 2.25. The van der Waals surface area contributed by atoms with Crippen LogP contribution in [0.5, 0.6) is 5.75 Å². The summed E-state index contributed by atoms with van der Waals surface area (Å²) in [6.45, 7) is 0.323. The average molecular weight is 434 g/mol. The van der Waals surface area contributed by atoms with Crippen LogP contribution in [0.4, 0.5) is 0 Å². The molecule has 1 aliphatic carbocycles. The molecule has 1 heterocycles. The van der Waals surface area contributed by atoms with Gasteiger partial charge in [0.15, 0.2) is 0 Å². The summed E-state index contributed by atoms with van der Waals surface area (Å²) in [5, 5.41) is 10.3. The molecule has 0 unspecified atom stereocenters. The molecule has 1 N–H and O–H groups in total. The van der Waals surface area contributed by atoms with E-state index in [0.717, 1.165) is 42.4 Å². The minimum atomic E-state index is -0.478. The van der Waals surface area contributed by atoms with E-state index in [0.29, 0.717) is 17.9 Å². The number of benzene rings is 2. The van der Waals surface area contributed by atoms with Gasteiger partial charge in [0.2, 0.25) is 0 Å². The van der Waals surface area contributed by atoms with Crippen LogP contribution in [-0.4, -0.2) is 28.9 Å². The van der Waals surface area contributed by atoms with Crippen LogP contribution in [0.1, 0.15) is 47.6 Å². The zero-order chi connectivity index (χ0) is 22.5. The maximum Gasteiger partial charge on any atom is 0.337 e. The van der Waals surface area contributed by atoms with Gasteiger partial charge in [-0.15, -0.1) is 0 Å². The molecule has 2 atom stereocenters. The molecule has 4 rings (SSSR count). The van der Waals surface area contributed by atoms with E-state index in [2.05, 4.69) is 0 Å². The second-order valence-corrected chi connectivity index (χ2v) is 8.05. The maximum atomic E-state index is 12.8. The first-order valence-electron chi connectivity index (χ1n) is 10.9. The van der Waals surface area contributed by atoms with Gasteiger partial charge < -0.3 is 19.1 Å². The van der Waals surface area contributed by atoms with E-state index in [1.54, 1.807) is 29.0 Å². The van der Waals surface area contributed by atoms with Gasteiger partial charge >= 0.3 is 5.97 Å². The van der Waals surface area contributed by atoms with E-state index in [1.807, 2.05) is 42.5 Å². The minimum absolute atomic E-state index is 0.123. The Morgan fingerprint density at radius 3 is 2.53 bits per heavy atom. The minimum Gasteiger partial charge on any atom is -0.488 e. The third-order valence-corrected chi connectivity index (χ3v) is 5.97. The standard InChI is InChI=1S/C26H27NO5/c1-31-26(30)19-12-10-18(11-13-19)17-32-24-9-5-2-6-21(24)20-14-15-27(25(29)16-20)22-7-3-4-8-23(22)28/h2,5-6,9-16,22-23,28H,3-4,7-8,17H2,1H3/t22-,23-/m0/s1. The number of aromatic nitrogens is 1. The summed E-state index contributed by atoms with van der Waals surface area (Å²) in [5.74, 6) is 0.290. The summed E-state index contributed by atoms with van der Waals surface area (Å²) in [7, 11) is 1.35. The predicted octanol–water partition coefficient (Wildman–Crippen LogP) is 4.36. The lowest BCUT2D eigenvalue weighted by Crippen LogP contribution is -2.34. The molecule has 0 aliphatic heterocycles. The van der Waals surface area contributed by atoms with Gasteiger partial charge in [-0.2, -0.15) is 0 Å².